The fourth-order valence-electron chi connectivity index (χ4n) is 3.42. The summed E-state index contributed by atoms with van der Waals surface area (Å²) < 4.78 is 38.9. The fraction of sp³-hybridized carbons (Fsp3) is 0.500. The SMILES string of the molecule is CC(C)c1ncc(C(N)=O)nn1.CN(c1ccc(C#N)c(C(F)(F)F)c1)C1CCCCC1. The number of alkyl halides is 3. The Hall–Kier alpha value is -3.22. The molecule has 0 aliphatic heterocycles. The number of carbonyl (C=O) groups is 1. The Kier molecular flexibility index (Phi) is 8.52. The predicted molar refractivity (Wildman–Crippen MR) is 114 cm³/mol. The summed E-state index contributed by atoms with van der Waals surface area (Å²) in [6.45, 7) is 3.89. The Morgan fingerprint density at radius 1 is 1.22 bits per heavy atom. The van der Waals surface area contributed by atoms with Gasteiger partial charge >= 0.3 is 6.18 Å². The molecule has 0 spiro atoms. The molecule has 0 radical (unpaired) electrons. The number of nitrogens with zero attached hydrogens (tertiary/aromatic N) is 5. The average Bonchev–Trinajstić information content (AvgIpc) is 2.78. The van der Waals surface area contributed by atoms with Crippen LogP contribution in [0.1, 0.15) is 79.3 Å². The number of halogens is 3. The van der Waals surface area contributed by atoms with Crippen molar-refractivity contribution in [2.45, 2.75) is 64.1 Å². The standard InChI is InChI=1S/C15H17F3N2.C7H10N4O/c1-20(12-5-3-2-4-6-12)13-8-7-11(10-19)14(9-13)15(16,17)18;1-4(2)7-9-3-5(6(8)12)10-11-7/h7-9,12H,2-6H2,1H3;3-4H,1-2H3,(H2,8,12). The molecule has 0 saturated heterocycles. The summed E-state index contributed by atoms with van der Waals surface area (Å²) in [6, 6.07) is 5.85. The molecule has 1 aliphatic carbocycles. The van der Waals surface area contributed by atoms with Gasteiger partial charge in [-0.25, -0.2) is 4.98 Å². The fourth-order valence-corrected chi connectivity index (χ4v) is 3.42. The summed E-state index contributed by atoms with van der Waals surface area (Å²) in [4.78, 5) is 16.4. The molecule has 172 valence electrons. The van der Waals surface area contributed by atoms with Crippen LogP contribution in [-0.4, -0.2) is 34.2 Å². The van der Waals surface area contributed by atoms with E-state index in [1.165, 1.54) is 18.7 Å². The van der Waals surface area contributed by atoms with Crippen LogP contribution in [0.4, 0.5) is 18.9 Å². The zero-order valence-corrected chi connectivity index (χ0v) is 18.4. The van der Waals surface area contributed by atoms with E-state index < -0.39 is 17.6 Å². The molecule has 1 amide bonds. The van der Waals surface area contributed by atoms with Gasteiger partial charge in [0.25, 0.3) is 5.91 Å². The molecule has 2 aromatic rings. The van der Waals surface area contributed by atoms with Crippen LogP contribution >= 0.6 is 0 Å². The molecule has 1 heterocycles. The monoisotopic (exact) mass is 448 g/mol. The first kappa shape index (κ1) is 25.0. The lowest BCUT2D eigenvalue weighted by Crippen LogP contribution is -2.33. The second-order valence-corrected chi connectivity index (χ2v) is 7.96. The van der Waals surface area contributed by atoms with Crippen molar-refractivity contribution in [2.75, 3.05) is 11.9 Å². The third-order valence-electron chi connectivity index (χ3n) is 5.31. The van der Waals surface area contributed by atoms with E-state index in [4.69, 9.17) is 11.0 Å². The minimum Gasteiger partial charge on any atom is -0.372 e. The molecule has 32 heavy (non-hydrogen) atoms. The van der Waals surface area contributed by atoms with E-state index in [1.807, 2.05) is 25.8 Å². The number of nitrogens with two attached hydrogens (primary N) is 1. The molecular weight excluding hydrogens is 421 g/mol. The number of hydrogen-bond acceptors (Lipinski definition) is 6. The molecule has 10 heteroatoms. The van der Waals surface area contributed by atoms with Gasteiger partial charge in [0.05, 0.1) is 23.4 Å². The molecule has 2 N–H and O–H groups in total. The topological polar surface area (TPSA) is 109 Å². The molecule has 1 aliphatic rings. The number of amides is 1. The van der Waals surface area contributed by atoms with Crippen molar-refractivity contribution < 1.29 is 18.0 Å². The lowest BCUT2D eigenvalue weighted by Gasteiger charge is -2.33. The number of rotatable bonds is 4. The van der Waals surface area contributed by atoms with Gasteiger partial charge in [-0.15, -0.1) is 10.2 Å². The van der Waals surface area contributed by atoms with E-state index in [0.717, 1.165) is 31.7 Å². The Labute approximate surface area is 185 Å². The van der Waals surface area contributed by atoms with Crippen LogP contribution in [-0.2, 0) is 6.18 Å². The number of benzene rings is 1. The first-order valence-corrected chi connectivity index (χ1v) is 10.4. The van der Waals surface area contributed by atoms with Crippen LogP contribution in [0.2, 0.25) is 0 Å². The molecule has 0 unspecified atom stereocenters. The van der Waals surface area contributed by atoms with Gasteiger partial charge in [-0.3, -0.25) is 4.79 Å². The molecule has 1 saturated carbocycles. The third kappa shape index (κ3) is 6.64. The Balaban J connectivity index is 0.000000258. The van der Waals surface area contributed by atoms with Gasteiger partial charge in [0.15, 0.2) is 11.5 Å². The van der Waals surface area contributed by atoms with Crippen molar-refractivity contribution in [1.82, 2.24) is 15.2 Å². The van der Waals surface area contributed by atoms with Crippen molar-refractivity contribution in [1.29, 1.82) is 5.26 Å². The van der Waals surface area contributed by atoms with E-state index >= 15 is 0 Å². The van der Waals surface area contributed by atoms with E-state index in [-0.39, 0.29) is 23.2 Å². The number of aromatic nitrogens is 3. The van der Waals surface area contributed by atoms with Crippen molar-refractivity contribution in [2.24, 2.45) is 5.73 Å². The van der Waals surface area contributed by atoms with Crippen LogP contribution in [0, 0.1) is 11.3 Å². The second-order valence-electron chi connectivity index (χ2n) is 7.96. The van der Waals surface area contributed by atoms with E-state index in [1.54, 1.807) is 12.1 Å². The number of carbonyl (C=O) groups excluding carboxylic acids is 1. The summed E-state index contributed by atoms with van der Waals surface area (Å²) in [6.07, 6.45) is 2.31. The van der Waals surface area contributed by atoms with E-state index in [2.05, 4.69) is 15.2 Å². The first-order chi connectivity index (χ1) is 15.0. The second kappa shape index (κ2) is 10.9. The molecule has 3 rings (SSSR count). The van der Waals surface area contributed by atoms with Gasteiger partial charge in [0.2, 0.25) is 0 Å². The lowest BCUT2D eigenvalue weighted by atomic mass is 9.94. The van der Waals surface area contributed by atoms with Gasteiger partial charge in [0.1, 0.15) is 0 Å². The molecule has 1 aromatic carbocycles. The molecule has 0 atom stereocenters. The molecular formula is C22H27F3N6O. The first-order valence-electron chi connectivity index (χ1n) is 10.4. The molecule has 0 bridgehead atoms. The van der Waals surface area contributed by atoms with Crippen LogP contribution < -0.4 is 10.6 Å². The summed E-state index contributed by atoms with van der Waals surface area (Å²) in [5, 5.41) is 16.1. The van der Waals surface area contributed by atoms with Gasteiger partial charge in [-0.2, -0.15) is 18.4 Å². The van der Waals surface area contributed by atoms with E-state index in [0.29, 0.717) is 11.5 Å². The van der Waals surface area contributed by atoms with Crippen LogP contribution in [0.15, 0.2) is 24.4 Å². The number of nitriles is 1. The zero-order valence-electron chi connectivity index (χ0n) is 18.4. The molecule has 1 fully saturated rings. The predicted octanol–water partition coefficient (Wildman–Crippen LogP) is 4.44. The maximum Gasteiger partial charge on any atom is 0.417 e. The largest absolute Gasteiger partial charge is 0.417 e. The highest BCUT2D eigenvalue weighted by Gasteiger charge is 2.34. The van der Waals surface area contributed by atoms with Crippen LogP contribution in [0.3, 0.4) is 0 Å². The Morgan fingerprint density at radius 2 is 1.88 bits per heavy atom. The van der Waals surface area contributed by atoms with Crippen molar-refractivity contribution >= 4 is 11.6 Å². The quantitative estimate of drug-likeness (QED) is 0.741. The van der Waals surface area contributed by atoms with Crippen molar-refractivity contribution in [3.63, 3.8) is 0 Å². The van der Waals surface area contributed by atoms with Crippen molar-refractivity contribution in [3.05, 3.63) is 47.0 Å². The minimum absolute atomic E-state index is 0.0967. The summed E-state index contributed by atoms with van der Waals surface area (Å²) >= 11 is 0. The summed E-state index contributed by atoms with van der Waals surface area (Å²) in [5.41, 5.74) is 4.42. The Morgan fingerprint density at radius 3 is 2.34 bits per heavy atom. The highest BCUT2D eigenvalue weighted by Crippen LogP contribution is 2.35. The maximum absolute atomic E-state index is 13.0. The number of hydrogen-bond donors (Lipinski definition) is 1. The average molecular weight is 448 g/mol. The number of primary amides is 1. The van der Waals surface area contributed by atoms with Crippen LogP contribution in [0.25, 0.3) is 0 Å². The van der Waals surface area contributed by atoms with E-state index in [9.17, 15) is 18.0 Å². The minimum atomic E-state index is -4.49. The smallest absolute Gasteiger partial charge is 0.372 e. The highest BCUT2D eigenvalue weighted by atomic mass is 19.4. The number of anilines is 1. The maximum atomic E-state index is 13.0. The Bertz CT molecular complexity index is 948. The van der Waals surface area contributed by atoms with Gasteiger partial charge in [0, 0.05) is 24.7 Å². The zero-order chi connectivity index (χ0) is 23.9. The summed E-state index contributed by atoms with van der Waals surface area (Å²) in [7, 11) is 1.83. The van der Waals surface area contributed by atoms with Gasteiger partial charge in [-0.1, -0.05) is 33.1 Å². The third-order valence-corrected chi connectivity index (χ3v) is 5.31. The summed E-state index contributed by atoms with van der Waals surface area (Å²) in [5.74, 6) is 0.213. The highest BCUT2D eigenvalue weighted by molar-refractivity contribution is 5.90. The molecule has 7 nitrogen and oxygen atoms in total. The van der Waals surface area contributed by atoms with Gasteiger partial charge < -0.3 is 10.6 Å². The lowest BCUT2D eigenvalue weighted by molar-refractivity contribution is -0.137. The normalized spacial score (nSPS) is 14.3. The molecule has 1 aromatic heterocycles. The van der Waals surface area contributed by atoms with Crippen LogP contribution in [0.5, 0.6) is 0 Å². The van der Waals surface area contributed by atoms with Gasteiger partial charge in [-0.05, 0) is 31.0 Å². The van der Waals surface area contributed by atoms with Crippen molar-refractivity contribution in [3.8, 4) is 6.07 Å².